The van der Waals surface area contributed by atoms with E-state index in [1.54, 1.807) is 4.68 Å². The van der Waals surface area contributed by atoms with Crippen LogP contribution < -0.4 is 5.32 Å². The molecule has 2 aromatic rings. The lowest BCUT2D eigenvalue weighted by Gasteiger charge is -2.10. The zero-order valence-corrected chi connectivity index (χ0v) is 12.5. The van der Waals surface area contributed by atoms with E-state index in [-0.39, 0.29) is 0 Å². The van der Waals surface area contributed by atoms with Gasteiger partial charge in [-0.15, -0.1) is 5.10 Å². The summed E-state index contributed by atoms with van der Waals surface area (Å²) in [7, 11) is 0. The Morgan fingerprint density at radius 2 is 2.14 bits per heavy atom. The van der Waals surface area contributed by atoms with Crippen LogP contribution in [0, 0.1) is 0 Å². The van der Waals surface area contributed by atoms with Crippen LogP contribution in [0.15, 0.2) is 35.5 Å². The Hall–Kier alpha value is -1.44. The van der Waals surface area contributed by atoms with Crippen LogP contribution in [-0.4, -0.2) is 43.7 Å². The van der Waals surface area contributed by atoms with Crippen LogP contribution in [0.4, 0.5) is 0 Å². The molecule has 1 aromatic heterocycles. The monoisotopic (exact) mass is 305 g/mol. The van der Waals surface area contributed by atoms with Crippen molar-refractivity contribution in [3.05, 3.63) is 35.9 Å². The maximum Gasteiger partial charge on any atom is 0.209 e. The van der Waals surface area contributed by atoms with Crippen LogP contribution in [0.5, 0.6) is 0 Å². The fourth-order valence-corrected chi connectivity index (χ4v) is 2.90. The SMILES string of the molecule is OC(CSc1nnnn1CCNC1CC1)c1ccccc1. The summed E-state index contributed by atoms with van der Waals surface area (Å²) in [6.45, 7) is 1.64. The summed E-state index contributed by atoms with van der Waals surface area (Å²) in [6, 6.07) is 10.3. The van der Waals surface area contributed by atoms with E-state index in [4.69, 9.17) is 0 Å². The van der Waals surface area contributed by atoms with Gasteiger partial charge in [-0.1, -0.05) is 42.1 Å². The van der Waals surface area contributed by atoms with Gasteiger partial charge in [0.05, 0.1) is 12.6 Å². The number of aliphatic hydroxyl groups is 1. The number of nitrogens with zero attached hydrogens (tertiary/aromatic N) is 4. The van der Waals surface area contributed by atoms with Crippen molar-refractivity contribution in [2.45, 2.75) is 36.7 Å². The highest BCUT2D eigenvalue weighted by Gasteiger charge is 2.20. The van der Waals surface area contributed by atoms with Gasteiger partial charge in [0.15, 0.2) is 0 Å². The highest BCUT2D eigenvalue weighted by Crippen LogP contribution is 2.22. The summed E-state index contributed by atoms with van der Waals surface area (Å²) >= 11 is 1.48. The molecule has 0 radical (unpaired) electrons. The summed E-state index contributed by atoms with van der Waals surface area (Å²) in [5.74, 6) is 0.542. The first-order chi connectivity index (χ1) is 10.3. The first kappa shape index (κ1) is 14.5. The Labute approximate surface area is 127 Å². The van der Waals surface area contributed by atoms with Gasteiger partial charge >= 0.3 is 0 Å². The quantitative estimate of drug-likeness (QED) is 0.715. The Bertz CT molecular complexity index is 558. The zero-order chi connectivity index (χ0) is 14.5. The first-order valence-corrected chi connectivity index (χ1v) is 8.17. The molecule has 2 N–H and O–H groups in total. The summed E-state index contributed by atoms with van der Waals surface area (Å²) in [5.41, 5.74) is 0.916. The summed E-state index contributed by atoms with van der Waals surface area (Å²) in [5, 5.41) is 26.1. The van der Waals surface area contributed by atoms with E-state index < -0.39 is 6.10 Å². The molecule has 1 aliphatic carbocycles. The third kappa shape index (κ3) is 4.26. The van der Waals surface area contributed by atoms with Gasteiger partial charge in [-0.25, -0.2) is 4.68 Å². The van der Waals surface area contributed by atoms with E-state index in [0.29, 0.717) is 11.8 Å². The van der Waals surface area contributed by atoms with Crippen LogP contribution >= 0.6 is 11.8 Å². The number of thioether (sulfide) groups is 1. The third-order valence-electron chi connectivity index (χ3n) is 3.39. The fourth-order valence-electron chi connectivity index (χ4n) is 2.03. The van der Waals surface area contributed by atoms with E-state index in [9.17, 15) is 5.11 Å². The number of rotatable bonds is 8. The van der Waals surface area contributed by atoms with Crippen molar-refractivity contribution >= 4 is 11.8 Å². The minimum atomic E-state index is -0.508. The second-order valence-corrected chi connectivity index (χ2v) is 6.14. The van der Waals surface area contributed by atoms with Gasteiger partial charge < -0.3 is 10.4 Å². The van der Waals surface area contributed by atoms with Crippen molar-refractivity contribution in [1.29, 1.82) is 0 Å². The molecular formula is C14H19N5OS. The average Bonchev–Trinajstić information content (AvgIpc) is 3.24. The van der Waals surface area contributed by atoms with Gasteiger partial charge in [0.25, 0.3) is 0 Å². The van der Waals surface area contributed by atoms with Gasteiger partial charge in [-0.3, -0.25) is 0 Å². The maximum absolute atomic E-state index is 10.2. The molecular weight excluding hydrogens is 286 g/mol. The molecule has 7 heteroatoms. The number of benzene rings is 1. The van der Waals surface area contributed by atoms with E-state index >= 15 is 0 Å². The lowest BCUT2D eigenvalue weighted by atomic mass is 10.1. The summed E-state index contributed by atoms with van der Waals surface area (Å²) < 4.78 is 1.79. The summed E-state index contributed by atoms with van der Waals surface area (Å²) in [4.78, 5) is 0. The van der Waals surface area contributed by atoms with Crippen molar-refractivity contribution in [2.75, 3.05) is 12.3 Å². The average molecular weight is 305 g/mol. The van der Waals surface area contributed by atoms with Crippen molar-refractivity contribution < 1.29 is 5.11 Å². The fraction of sp³-hybridized carbons (Fsp3) is 0.500. The standard InChI is InChI=1S/C14H19N5OS/c20-13(11-4-2-1-3-5-11)10-21-14-16-17-18-19(14)9-8-15-12-6-7-12/h1-5,12-13,15,20H,6-10H2. The largest absolute Gasteiger partial charge is 0.388 e. The molecule has 1 heterocycles. The van der Waals surface area contributed by atoms with Gasteiger partial charge in [0, 0.05) is 18.3 Å². The number of hydrogen-bond acceptors (Lipinski definition) is 6. The Morgan fingerprint density at radius 3 is 2.90 bits per heavy atom. The number of tetrazole rings is 1. The number of aliphatic hydroxyl groups excluding tert-OH is 1. The molecule has 21 heavy (non-hydrogen) atoms. The molecule has 0 saturated heterocycles. The molecule has 112 valence electrons. The molecule has 0 bridgehead atoms. The molecule has 6 nitrogen and oxygen atoms in total. The highest BCUT2D eigenvalue weighted by atomic mass is 32.2. The van der Waals surface area contributed by atoms with E-state index in [1.807, 2.05) is 30.3 Å². The van der Waals surface area contributed by atoms with Crippen LogP contribution in [0.2, 0.25) is 0 Å². The number of aromatic nitrogens is 4. The molecule has 3 rings (SSSR count). The molecule has 1 fully saturated rings. The van der Waals surface area contributed by atoms with Crippen LogP contribution in [0.25, 0.3) is 0 Å². The van der Waals surface area contributed by atoms with Crippen molar-refractivity contribution in [1.82, 2.24) is 25.5 Å². The Balaban J connectivity index is 1.49. The van der Waals surface area contributed by atoms with Gasteiger partial charge in [0.2, 0.25) is 5.16 Å². The second-order valence-electron chi connectivity index (χ2n) is 5.15. The molecule has 1 aromatic carbocycles. The van der Waals surface area contributed by atoms with Crippen LogP contribution in [0.3, 0.4) is 0 Å². The molecule has 1 aliphatic rings. The van der Waals surface area contributed by atoms with Crippen molar-refractivity contribution in [3.8, 4) is 0 Å². The lowest BCUT2D eigenvalue weighted by Crippen LogP contribution is -2.22. The predicted molar refractivity (Wildman–Crippen MR) is 81.0 cm³/mol. The van der Waals surface area contributed by atoms with Crippen LogP contribution in [0.1, 0.15) is 24.5 Å². The predicted octanol–water partition coefficient (Wildman–Crippen LogP) is 1.25. The molecule has 0 aliphatic heterocycles. The van der Waals surface area contributed by atoms with E-state index in [2.05, 4.69) is 20.8 Å². The second kappa shape index (κ2) is 7.02. The molecule has 1 saturated carbocycles. The minimum absolute atomic E-state index is 0.508. The van der Waals surface area contributed by atoms with Crippen LogP contribution in [-0.2, 0) is 6.54 Å². The van der Waals surface area contributed by atoms with E-state index in [1.165, 1.54) is 24.6 Å². The Morgan fingerprint density at radius 1 is 1.33 bits per heavy atom. The summed E-state index contributed by atoms with van der Waals surface area (Å²) in [6.07, 6.45) is 2.05. The van der Waals surface area contributed by atoms with Gasteiger partial charge in [-0.2, -0.15) is 0 Å². The first-order valence-electron chi connectivity index (χ1n) is 7.18. The lowest BCUT2D eigenvalue weighted by molar-refractivity contribution is 0.204. The van der Waals surface area contributed by atoms with Crippen molar-refractivity contribution in [2.24, 2.45) is 0 Å². The number of hydrogen-bond donors (Lipinski definition) is 2. The molecule has 0 amide bonds. The third-order valence-corrected chi connectivity index (χ3v) is 4.42. The maximum atomic E-state index is 10.2. The molecule has 1 atom stereocenters. The Kier molecular flexibility index (Phi) is 4.84. The number of nitrogens with one attached hydrogen (secondary N) is 1. The smallest absolute Gasteiger partial charge is 0.209 e. The van der Waals surface area contributed by atoms with E-state index in [0.717, 1.165) is 23.8 Å². The zero-order valence-electron chi connectivity index (χ0n) is 11.7. The molecule has 0 spiro atoms. The highest BCUT2D eigenvalue weighted by molar-refractivity contribution is 7.99. The van der Waals surface area contributed by atoms with Gasteiger partial charge in [0.1, 0.15) is 0 Å². The normalized spacial score (nSPS) is 16.0. The minimum Gasteiger partial charge on any atom is -0.388 e. The molecule has 1 unspecified atom stereocenters. The topological polar surface area (TPSA) is 75.9 Å². The van der Waals surface area contributed by atoms with Gasteiger partial charge in [-0.05, 0) is 28.8 Å². The van der Waals surface area contributed by atoms with Crippen molar-refractivity contribution in [3.63, 3.8) is 0 Å².